The van der Waals surface area contributed by atoms with Gasteiger partial charge in [0.15, 0.2) is 11.7 Å². The van der Waals surface area contributed by atoms with E-state index in [4.69, 9.17) is 28.6 Å². The summed E-state index contributed by atoms with van der Waals surface area (Å²) in [6.07, 6.45) is 0. The van der Waals surface area contributed by atoms with Gasteiger partial charge in [0, 0.05) is 31.9 Å². The van der Waals surface area contributed by atoms with Crippen molar-refractivity contribution in [1.82, 2.24) is 10.2 Å². The second-order valence-corrected chi connectivity index (χ2v) is 7.38. The van der Waals surface area contributed by atoms with Crippen molar-refractivity contribution in [2.45, 2.75) is 0 Å². The van der Waals surface area contributed by atoms with E-state index in [0.717, 1.165) is 37.6 Å². The topological polar surface area (TPSA) is 56.8 Å². The lowest BCUT2D eigenvalue weighted by molar-refractivity contribution is -0.121. The maximum atomic E-state index is 12.0. The van der Waals surface area contributed by atoms with Crippen LogP contribution in [0.5, 0.6) is 5.75 Å². The Kier molecular flexibility index (Phi) is 7.08. The van der Waals surface area contributed by atoms with Crippen molar-refractivity contribution in [3.8, 4) is 5.75 Å². The molecule has 0 unspecified atom stereocenters. The minimum absolute atomic E-state index is 0.116. The van der Waals surface area contributed by atoms with E-state index in [2.05, 4.69) is 27.5 Å². The molecule has 1 aliphatic heterocycles. The van der Waals surface area contributed by atoms with Crippen LogP contribution >= 0.6 is 23.8 Å². The van der Waals surface area contributed by atoms with E-state index in [0.29, 0.717) is 10.8 Å². The minimum atomic E-state index is -0.332. The van der Waals surface area contributed by atoms with E-state index < -0.39 is 0 Å². The van der Waals surface area contributed by atoms with Gasteiger partial charge in [-0.1, -0.05) is 29.8 Å². The Balaban J connectivity index is 1.49. The van der Waals surface area contributed by atoms with Crippen LogP contribution in [0, 0.1) is 0 Å². The van der Waals surface area contributed by atoms with Crippen LogP contribution in [-0.2, 0) is 4.79 Å². The van der Waals surface area contributed by atoms with Crippen LogP contribution in [-0.4, -0.2) is 55.8 Å². The number of para-hydroxylation sites is 1. The molecule has 1 fully saturated rings. The Morgan fingerprint density at radius 1 is 1.14 bits per heavy atom. The normalized spacial score (nSPS) is 14.4. The van der Waals surface area contributed by atoms with Crippen LogP contribution in [0.15, 0.2) is 48.5 Å². The van der Waals surface area contributed by atoms with Crippen LogP contribution in [0.1, 0.15) is 0 Å². The number of amides is 1. The summed E-state index contributed by atoms with van der Waals surface area (Å²) in [6.45, 7) is 3.79. The van der Waals surface area contributed by atoms with E-state index in [1.807, 2.05) is 36.4 Å². The number of hydrogen-bond acceptors (Lipinski definition) is 5. The van der Waals surface area contributed by atoms with Gasteiger partial charge in [-0.3, -0.25) is 10.1 Å². The molecule has 3 rings (SSSR count). The fourth-order valence-electron chi connectivity index (χ4n) is 2.88. The van der Waals surface area contributed by atoms with E-state index in [1.54, 1.807) is 12.1 Å². The highest BCUT2D eigenvalue weighted by Gasteiger charge is 2.17. The number of nitrogens with zero attached hydrogens (tertiary/aromatic N) is 2. The molecular weight excluding hydrogens is 396 g/mol. The average Bonchev–Trinajstić information content (AvgIpc) is 2.68. The molecule has 1 amide bonds. The number of benzene rings is 2. The molecule has 0 aromatic heterocycles. The first-order valence-electron chi connectivity index (χ1n) is 9.03. The monoisotopic (exact) mass is 418 g/mol. The average molecular weight is 419 g/mol. The van der Waals surface area contributed by atoms with Crippen molar-refractivity contribution in [3.63, 3.8) is 0 Å². The van der Waals surface area contributed by atoms with Gasteiger partial charge in [0.05, 0.1) is 10.7 Å². The molecule has 0 atom stereocenters. The predicted molar refractivity (Wildman–Crippen MR) is 117 cm³/mol. The summed E-state index contributed by atoms with van der Waals surface area (Å²) < 4.78 is 5.40. The molecule has 0 saturated carbocycles. The molecule has 1 aliphatic rings. The van der Waals surface area contributed by atoms with Crippen LogP contribution < -0.4 is 20.3 Å². The summed E-state index contributed by atoms with van der Waals surface area (Å²) >= 11 is 11.7. The van der Waals surface area contributed by atoms with Gasteiger partial charge in [-0.25, -0.2) is 0 Å². The Hall–Kier alpha value is -2.35. The first-order valence-corrected chi connectivity index (χ1v) is 9.81. The predicted octanol–water partition coefficient (Wildman–Crippen LogP) is 2.98. The van der Waals surface area contributed by atoms with Crippen LogP contribution in [0.2, 0.25) is 5.02 Å². The smallest absolute Gasteiger partial charge is 0.264 e. The number of halogens is 1. The maximum Gasteiger partial charge on any atom is 0.264 e. The zero-order valence-electron chi connectivity index (χ0n) is 15.7. The van der Waals surface area contributed by atoms with Crippen molar-refractivity contribution in [1.29, 1.82) is 0 Å². The zero-order valence-corrected chi connectivity index (χ0v) is 17.2. The number of likely N-dealkylation sites (N-methyl/N-ethyl adjacent to an activating group) is 1. The summed E-state index contributed by atoms with van der Waals surface area (Å²) in [6, 6.07) is 14.8. The molecule has 8 heteroatoms. The summed E-state index contributed by atoms with van der Waals surface area (Å²) in [5, 5.41) is 6.43. The fourth-order valence-corrected chi connectivity index (χ4v) is 3.41. The number of nitrogens with one attached hydrogen (secondary N) is 2. The standard InChI is InChI=1S/C20H23ClN4O2S/c1-24-9-11-25(12-10-24)18-8-7-15(13-17(18)21)22-20(28)23-19(26)14-27-16-5-3-2-4-6-16/h2-8,13H,9-12,14H2,1H3,(H2,22,23,26,28). The molecule has 1 heterocycles. The van der Waals surface area contributed by atoms with Crippen molar-refractivity contribution in [2.24, 2.45) is 0 Å². The summed E-state index contributed by atoms with van der Waals surface area (Å²) in [4.78, 5) is 16.5. The van der Waals surface area contributed by atoms with Gasteiger partial charge in [0.1, 0.15) is 5.75 Å². The SMILES string of the molecule is CN1CCN(c2ccc(NC(=S)NC(=O)COc3ccccc3)cc2Cl)CC1. The molecule has 2 aromatic rings. The van der Waals surface area contributed by atoms with E-state index in [9.17, 15) is 4.79 Å². The number of hydrogen-bond donors (Lipinski definition) is 2. The van der Waals surface area contributed by atoms with Crippen molar-refractivity contribution in [3.05, 3.63) is 53.6 Å². The third kappa shape index (κ3) is 5.82. The van der Waals surface area contributed by atoms with Gasteiger partial charge in [-0.15, -0.1) is 0 Å². The molecule has 28 heavy (non-hydrogen) atoms. The fraction of sp³-hybridized carbons (Fsp3) is 0.300. The summed E-state index contributed by atoms with van der Waals surface area (Å²) in [7, 11) is 2.12. The van der Waals surface area contributed by atoms with Crippen LogP contribution in [0.25, 0.3) is 0 Å². The first kappa shape index (κ1) is 20.4. The largest absolute Gasteiger partial charge is 0.484 e. The lowest BCUT2D eigenvalue weighted by Crippen LogP contribution is -2.44. The van der Waals surface area contributed by atoms with Gasteiger partial charge in [0.2, 0.25) is 0 Å². The van der Waals surface area contributed by atoms with Crippen molar-refractivity contribution >= 4 is 46.2 Å². The number of carbonyl (C=O) groups excluding carboxylic acids is 1. The number of piperazine rings is 1. The highest BCUT2D eigenvalue weighted by atomic mass is 35.5. The number of thiocarbonyl (C=S) groups is 1. The third-order valence-corrected chi connectivity index (χ3v) is 4.92. The summed E-state index contributed by atoms with van der Waals surface area (Å²) in [5.74, 6) is 0.296. The Bertz CT molecular complexity index is 826. The molecule has 148 valence electrons. The van der Waals surface area contributed by atoms with Crippen molar-refractivity contribution < 1.29 is 9.53 Å². The minimum Gasteiger partial charge on any atom is -0.484 e. The molecule has 2 aromatic carbocycles. The van der Waals surface area contributed by atoms with Crippen LogP contribution in [0.4, 0.5) is 11.4 Å². The van der Waals surface area contributed by atoms with Crippen molar-refractivity contribution in [2.75, 3.05) is 50.1 Å². The van der Waals surface area contributed by atoms with Crippen LogP contribution in [0.3, 0.4) is 0 Å². The number of carbonyl (C=O) groups is 1. The lowest BCUT2D eigenvalue weighted by Gasteiger charge is -2.34. The second-order valence-electron chi connectivity index (χ2n) is 6.56. The zero-order chi connectivity index (χ0) is 19.9. The molecule has 0 radical (unpaired) electrons. The van der Waals surface area contributed by atoms with Gasteiger partial charge >= 0.3 is 0 Å². The molecule has 0 bridgehead atoms. The molecule has 2 N–H and O–H groups in total. The molecule has 0 aliphatic carbocycles. The molecule has 6 nitrogen and oxygen atoms in total. The van der Waals surface area contributed by atoms with Gasteiger partial charge in [-0.2, -0.15) is 0 Å². The van der Waals surface area contributed by atoms with Gasteiger partial charge < -0.3 is 19.9 Å². The van der Waals surface area contributed by atoms with E-state index in [-0.39, 0.29) is 17.6 Å². The highest BCUT2D eigenvalue weighted by molar-refractivity contribution is 7.80. The summed E-state index contributed by atoms with van der Waals surface area (Å²) in [5.41, 5.74) is 1.73. The van der Waals surface area contributed by atoms with E-state index in [1.165, 1.54) is 0 Å². The van der Waals surface area contributed by atoms with Gasteiger partial charge in [-0.05, 0) is 49.6 Å². The highest BCUT2D eigenvalue weighted by Crippen LogP contribution is 2.29. The molecular formula is C20H23ClN4O2S. The Labute approximate surface area is 175 Å². The maximum absolute atomic E-state index is 12.0. The molecule has 0 spiro atoms. The quantitative estimate of drug-likeness (QED) is 0.728. The number of anilines is 2. The second kappa shape index (κ2) is 9.73. The third-order valence-electron chi connectivity index (χ3n) is 4.42. The van der Waals surface area contributed by atoms with E-state index >= 15 is 0 Å². The lowest BCUT2D eigenvalue weighted by atomic mass is 10.2. The first-order chi connectivity index (χ1) is 13.5. The Morgan fingerprint density at radius 2 is 1.86 bits per heavy atom. The number of rotatable bonds is 5. The van der Waals surface area contributed by atoms with Gasteiger partial charge in [0.25, 0.3) is 5.91 Å². The number of ether oxygens (including phenoxy) is 1. The molecule has 1 saturated heterocycles. The Morgan fingerprint density at radius 3 is 2.54 bits per heavy atom.